The molecule has 1 aromatic heterocycles. The number of pyridine rings is 1. The van der Waals surface area contributed by atoms with E-state index < -0.39 is 0 Å². The second-order valence-electron chi connectivity index (χ2n) is 8.46. The highest BCUT2D eigenvalue weighted by molar-refractivity contribution is 5.94. The van der Waals surface area contributed by atoms with Crippen LogP contribution in [-0.2, 0) is 0 Å². The molecule has 1 amide bonds. The molecule has 5 rings (SSSR count). The molecule has 2 fully saturated rings. The lowest BCUT2D eigenvalue weighted by Gasteiger charge is -2.31. The molecular weight excluding hydrogens is 433 g/mol. The summed E-state index contributed by atoms with van der Waals surface area (Å²) in [6.45, 7) is 6.55. The van der Waals surface area contributed by atoms with Gasteiger partial charge in [-0.15, -0.1) is 0 Å². The number of benzene rings is 2. The molecule has 3 aromatic rings. The molecule has 8 heteroatoms. The highest BCUT2D eigenvalue weighted by Crippen LogP contribution is 2.28. The highest BCUT2D eigenvalue weighted by atomic mass is 19.1. The number of anilines is 1. The van der Waals surface area contributed by atoms with Crippen molar-refractivity contribution in [1.29, 1.82) is 0 Å². The second kappa shape index (κ2) is 10.2. The number of hydrogen-bond acceptors (Lipinski definition) is 6. The van der Waals surface area contributed by atoms with Crippen molar-refractivity contribution in [2.45, 2.75) is 0 Å². The van der Waals surface area contributed by atoms with Gasteiger partial charge in [0.25, 0.3) is 5.91 Å². The number of amides is 1. The van der Waals surface area contributed by atoms with E-state index in [9.17, 15) is 9.18 Å². The number of aromatic nitrogens is 1. The molecule has 2 aromatic carbocycles. The Bertz CT molecular complexity index is 1120. The third-order valence-electron chi connectivity index (χ3n) is 6.11. The first-order valence-electron chi connectivity index (χ1n) is 11.7. The number of ether oxygens (including phenoxy) is 1. The van der Waals surface area contributed by atoms with E-state index in [-0.39, 0.29) is 11.7 Å². The zero-order valence-electron chi connectivity index (χ0n) is 19.0. The molecule has 2 N–H and O–H groups in total. The molecule has 7 nitrogen and oxygen atoms in total. The van der Waals surface area contributed by atoms with Gasteiger partial charge in [0.1, 0.15) is 23.0 Å². The first-order valence-corrected chi connectivity index (χ1v) is 11.7. The zero-order valence-corrected chi connectivity index (χ0v) is 19.0. The summed E-state index contributed by atoms with van der Waals surface area (Å²) in [5.74, 6) is 0.878. The molecule has 0 unspecified atom stereocenters. The largest absolute Gasteiger partial charge is 0.457 e. The van der Waals surface area contributed by atoms with Crippen LogP contribution in [0, 0.1) is 5.82 Å². The minimum Gasteiger partial charge on any atom is -0.457 e. The Hall–Kier alpha value is -3.49. The maximum absolute atomic E-state index is 13.3. The SMILES string of the molecule is O=C(c1cc(N2CCNCC2)cc(-c2ccc(Oc3ccc(F)cc3)cc2)n1)N1CCNCC1. The van der Waals surface area contributed by atoms with Crippen molar-refractivity contribution < 1.29 is 13.9 Å². The zero-order chi connectivity index (χ0) is 23.3. The number of piperazine rings is 2. The molecule has 34 heavy (non-hydrogen) atoms. The number of carbonyl (C=O) groups is 1. The molecule has 2 aliphatic heterocycles. The summed E-state index contributed by atoms with van der Waals surface area (Å²) in [5, 5.41) is 6.66. The van der Waals surface area contributed by atoms with Gasteiger partial charge >= 0.3 is 0 Å². The Morgan fingerprint density at radius 3 is 2.06 bits per heavy atom. The summed E-state index contributed by atoms with van der Waals surface area (Å²) in [6.07, 6.45) is 0. The number of halogens is 1. The quantitative estimate of drug-likeness (QED) is 0.609. The van der Waals surface area contributed by atoms with Crippen molar-refractivity contribution >= 4 is 11.6 Å². The first kappa shape index (κ1) is 22.3. The maximum Gasteiger partial charge on any atom is 0.272 e. The van der Waals surface area contributed by atoms with Gasteiger partial charge in [-0.1, -0.05) is 0 Å². The standard InChI is InChI=1S/C26H28FN5O2/c27-20-3-7-23(8-4-20)34-22-5-1-19(2-6-22)24-17-21(31-13-9-28-10-14-31)18-25(30-24)26(33)32-15-11-29-12-16-32/h1-8,17-18,28-29H,9-16H2. The van der Waals surface area contributed by atoms with Gasteiger partial charge in [0.15, 0.2) is 0 Å². The topological polar surface area (TPSA) is 69.7 Å². The van der Waals surface area contributed by atoms with Crippen molar-refractivity contribution in [1.82, 2.24) is 20.5 Å². The van der Waals surface area contributed by atoms with Gasteiger partial charge in [-0.3, -0.25) is 4.79 Å². The fourth-order valence-corrected chi connectivity index (χ4v) is 4.24. The van der Waals surface area contributed by atoms with E-state index in [0.29, 0.717) is 30.3 Å². The van der Waals surface area contributed by atoms with Crippen molar-refractivity contribution in [3.05, 3.63) is 72.2 Å². The average molecular weight is 462 g/mol. The first-order chi connectivity index (χ1) is 16.7. The molecule has 2 saturated heterocycles. The lowest BCUT2D eigenvalue weighted by molar-refractivity contribution is 0.0730. The molecule has 0 bridgehead atoms. The van der Waals surface area contributed by atoms with Crippen LogP contribution < -0.4 is 20.3 Å². The molecule has 0 spiro atoms. The lowest BCUT2D eigenvalue weighted by Crippen LogP contribution is -2.46. The molecular formula is C26H28FN5O2. The van der Waals surface area contributed by atoms with Crippen molar-refractivity contribution in [3.8, 4) is 22.8 Å². The van der Waals surface area contributed by atoms with Crippen LogP contribution >= 0.6 is 0 Å². The molecule has 2 aliphatic rings. The van der Waals surface area contributed by atoms with E-state index in [4.69, 9.17) is 9.72 Å². The molecule has 0 radical (unpaired) electrons. The Labute approximate surface area is 198 Å². The number of rotatable bonds is 5. The lowest BCUT2D eigenvalue weighted by atomic mass is 10.1. The van der Waals surface area contributed by atoms with Crippen molar-refractivity contribution in [3.63, 3.8) is 0 Å². The van der Waals surface area contributed by atoms with Crippen molar-refractivity contribution in [2.24, 2.45) is 0 Å². The number of nitrogens with zero attached hydrogens (tertiary/aromatic N) is 3. The van der Waals surface area contributed by atoms with Crippen LogP contribution in [0.15, 0.2) is 60.7 Å². The average Bonchev–Trinajstić information content (AvgIpc) is 2.91. The van der Waals surface area contributed by atoms with Crippen molar-refractivity contribution in [2.75, 3.05) is 57.3 Å². The number of hydrogen-bond donors (Lipinski definition) is 2. The normalized spacial score (nSPS) is 16.4. The summed E-state index contributed by atoms with van der Waals surface area (Å²) < 4.78 is 19.0. The van der Waals surface area contributed by atoms with Gasteiger partial charge in [0.05, 0.1) is 5.69 Å². The van der Waals surface area contributed by atoms with E-state index >= 15 is 0 Å². The Morgan fingerprint density at radius 2 is 1.41 bits per heavy atom. The van der Waals surface area contributed by atoms with E-state index in [0.717, 1.165) is 56.2 Å². The Balaban J connectivity index is 1.43. The summed E-state index contributed by atoms with van der Waals surface area (Å²) in [4.78, 5) is 22.2. The van der Waals surface area contributed by atoms with Gasteiger partial charge in [-0.25, -0.2) is 9.37 Å². The van der Waals surface area contributed by atoms with Crippen LogP contribution in [0.25, 0.3) is 11.3 Å². The predicted molar refractivity (Wildman–Crippen MR) is 130 cm³/mol. The molecule has 0 saturated carbocycles. The smallest absolute Gasteiger partial charge is 0.272 e. The monoisotopic (exact) mass is 461 g/mol. The highest BCUT2D eigenvalue weighted by Gasteiger charge is 2.22. The van der Waals surface area contributed by atoms with E-state index in [1.165, 1.54) is 12.1 Å². The fourth-order valence-electron chi connectivity index (χ4n) is 4.24. The van der Waals surface area contributed by atoms with E-state index in [1.807, 2.05) is 35.2 Å². The third-order valence-corrected chi connectivity index (χ3v) is 6.11. The summed E-state index contributed by atoms with van der Waals surface area (Å²) in [5.41, 5.74) is 3.14. The third kappa shape index (κ3) is 5.18. The van der Waals surface area contributed by atoms with Crippen LogP contribution in [0.2, 0.25) is 0 Å². The van der Waals surface area contributed by atoms with Gasteiger partial charge in [0.2, 0.25) is 0 Å². The summed E-state index contributed by atoms with van der Waals surface area (Å²) in [7, 11) is 0. The molecule has 0 atom stereocenters. The van der Waals surface area contributed by atoms with Gasteiger partial charge in [0, 0.05) is 63.6 Å². The van der Waals surface area contributed by atoms with Crippen LogP contribution in [0.3, 0.4) is 0 Å². The Kier molecular flexibility index (Phi) is 6.69. The van der Waals surface area contributed by atoms with E-state index in [2.05, 4.69) is 21.6 Å². The molecule has 3 heterocycles. The molecule has 176 valence electrons. The number of carbonyl (C=O) groups excluding carboxylic acids is 1. The molecule has 0 aliphatic carbocycles. The van der Waals surface area contributed by atoms with Gasteiger partial charge in [-0.05, 0) is 60.7 Å². The Morgan fingerprint density at radius 1 is 0.824 bits per heavy atom. The maximum atomic E-state index is 13.3. The van der Waals surface area contributed by atoms with E-state index in [1.54, 1.807) is 12.1 Å². The van der Waals surface area contributed by atoms with Crippen LogP contribution in [0.4, 0.5) is 10.1 Å². The fraction of sp³-hybridized carbons (Fsp3) is 0.308. The summed E-state index contributed by atoms with van der Waals surface area (Å²) >= 11 is 0. The second-order valence-corrected chi connectivity index (χ2v) is 8.46. The van der Waals surface area contributed by atoms with Gasteiger partial charge < -0.3 is 25.2 Å². The van der Waals surface area contributed by atoms with Crippen LogP contribution in [0.1, 0.15) is 10.5 Å². The number of nitrogens with one attached hydrogen (secondary N) is 2. The minimum atomic E-state index is -0.302. The summed E-state index contributed by atoms with van der Waals surface area (Å²) in [6, 6.07) is 17.5. The van der Waals surface area contributed by atoms with Crippen LogP contribution in [-0.4, -0.2) is 68.1 Å². The van der Waals surface area contributed by atoms with Gasteiger partial charge in [-0.2, -0.15) is 0 Å². The minimum absolute atomic E-state index is 0.0315. The predicted octanol–water partition coefficient (Wildman–Crippen LogP) is 3.14. The van der Waals surface area contributed by atoms with Crippen LogP contribution in [0.5, 0.6) is 11.5 Å².